The summed E-state index contributed by atoms with van der Waals surface area (Å²) >= 11 is 6.07. The predicted molar refractivity (Wildman–Crippen MR) is 86.9 cm³/mol. The molecule has 2 aromatic carbocycles. The molecule has 1 aliphatic heterocycles. The molecule has 0 saturated carbocycles. The zero-order valence-electron chi connectivity index (χ0n) is 12.4. The molecule has 1 aliphatic rings. The summed E-state index contributed by atoms with van der Waals surface area (Å²) in [5, 5.41) is 2.62. The van der Waals surface area contributed by atoms with Gasteiger partial charge < -0.3 is 10.2 Å². The summed E-state index contributed by atoms with van der Waals surface area (Å²) in [7, 11) is 0. The summed E-state index contributed by atoms with van der Waals surface area (Å²) < 4.78 is 27.2. The molecular formula is C17H13ClF2N2O2. The van der Waals surface area contributed by atoms with Gasteiger partial charge in [0.15, 0.2) is 0 Å². The molecule has 0 bridgehead atoms. The van der Waals surface area contributed by atoms with Crippen molar-refractivity contribution >= 4 is 34.8 Å². The minimum atomic E-state index is -0.865. The van der Waals surface area contributed by atoms with Crippen molar-refractivity contribution < 1.29 is 18.4 Å². The Balaban J connectivity index is 1.76. The van der Waals surface area contributed by atoms with Crippen LogP contribution in [0.3, 0.4) is 0 Å². The maximum absolute atomic E-state index is 13.6. The van der Waals surface area contributed by atoms with Gasteiger partial charge in [0.05, 0.1) is 16.6 Å². The number of amides is 2. The number of halogens is 3. The van der Waals surface area contributed by atoms with Crippen molar-refractivity contribution in [3.8, 4) is 0 Å². The highest BCUT2D eigenvalue weighted by molar-refractivity contribution is 6.33. The number of benzene rings is 2. The Hall–Kier alpha value is -2.47. The largest absolute Gasteiger partial charge is 0.321 e. The molecule has 1 heterocycles. The maximum Gasteiger partial charge on any atom is 0.229 e. The molecule has 3 rings (SSSR count). The van der Waals surface area contributed by atoms with Crippen LogP contribution in [0.15, 0.2) is 42.5 Å². The van der Waals surface area contributed by atoms with Gasteiger partial charge in [-0.05, 0) is 24.3 Å². The molecular weight excluding hydrogens is 338 g/mol. The van der Waals surface area contributed by atoms with E-state index < -0.39 is 29.1 Å². The van der Waals surface area contributed by atoms with Gasteiger partial charge in [-0.1, -0.05) is 29.8 Å². The van der Waals surface area contributed by atoms with Gasteiger partial charge >= 0.3 is 0 Å². The van der Waals surface area contributed by atoms with Gasteiger partial charge in [-0.15, -0.1) is 0 Å². The number of carbonyl (C=O) groups is 2. The van der Waals surface area contributed by atoms with E-state index in [0.717, 1.165) is 12.1 Å². The Morgan fingerprint density at radius 3 is 2.46 bits per heavy atom. The van der Waals surface area contributed by atoms with Crippen LogP contribution in [0, 0.1) is 17.6 Å². The van der Waals surface area contributed by atoms with Crippen LogP contribution >= 0.6 is 11.6 Å². The predicted octanol–water partition coefficient (Wildman–Crippen LogP) is 3.61. The third-order valence-electron chi connectivity index (χ3n) is 3.85. The lowest BCUT2D eigenvalue weighted by Gasteiger charge is -2.18. The van der Waals surface area contributed by atoms with E-state index in [9.17, 15) is 18.4 Å². The third-order valence-corrected chi connectivity index (χ3v) is 4.17. The van der Waals surface area contributed by atoms with Gasteiger partial charge in [-0.25, -0.2) is 8.78 Å². The number of para-hydroxylation sites is 2. The maximum atomic E-state index is 13.6. The Morgan fingerprint density at radius 1 is 1.12 bits per heavy atom. The second kappa shape index (κ2) is 6.57. The molecule has 2 aromatic rings. The highest BCUT2D eigenvalue weighted by atomic mass is 35.5. The fourth-order valence-corrected chi connectivity index (χ4v) is 2.87. The molecule has 4 nitrogen and oxygen atoms in total. The lowest BCUT2D eigenvalue weighted by Crippen LogP contribution is -2.28. The van der Waals surface area contributed by atoms with E-state index in [1.54, 1.807) is 24.3 Å². The number of anilines is 2. The van der Waals surface area contributed by atoms with Crippen molar-refractivity contribution in [3.05, 3.63) is 59.1 Å². The van der Waals surface area contributed by atoms with Crippen LogP contribution < -0.4 is 10.2 Å². The first-order valence-electron chi connectivity index (χ1n) is 7.27. The molecule has 2 amide bonds. The molecule has 1 saturated heterocycles. The first-order chi connectivity index (χ1) is 11.5. The summed E-state index contributed by atoms with van der Waals surface area (Å²) in [6, 6.07) is 10.1. The van der Waals surface area contributed by atoms with E-state index >= 15 is 0 Å². The van der Waals surface area contributed by atoms with Crippen LogP contribution in [0.25, 0.3) is 0 Å². The Kier molecular flexibility index (Phi) is 4.49. The number of hydrogen-bond acceptors (Lipinski definition) is 2. The molecule has 24 heavy (non-hydrogen) atoms. The fraction of sp³-hybridized carbons (Fsp3) is 0.176. The average Bonchev–Trinajstić information content (AvgIpc) is 2.93. The van der Waals surface area contributed by atoms with Gasteiger partial charge in [-0.2, -0.15) is 0 Å². The van der Waals surface area contributed by atoms with E-state index in [0.29, 0.717) is 10.7 Å². The molecule has 0 radical (unpaired) electrons. The standard InChI is InChI=1S/C17H13ClF2N2O2/c18-11-4-1-2-7-14(11)22-9-10(8-15(22)23)17(24)21-16-12(19)5-3-6-13(16)20/h1-7,10H,8-9H2,(H,21,24). The van der Waals surface area contributed by atoms with E-state index in [4.69, 9.17) is 11.6 Å². The Labute approximate surface area is 142 Å². The normalized spacial score (nSPS) is 17.2. The topological polar surface area (TPSA) is 49.4 Å². The van der Waals surface area contributed by atoms with E-state index in [2.05, 4.69) is 5.32 Å². The number of nitrogens with zero attached hydrogens (tertiary/aromatic N) is 1. The highest BCUT2D eigenvalue weighted by Crippen LogP contribution is 2.31. The molecule has 1 fully saturated rings. The van der Waals surface area contributed by atoms with E-state index in [1.807, 2.05) is 0 Å². The van der Waals surface area contributed by atoms with Gasteiger partial charge in [0.2, 0.25) is 11.8 Å². The summed E-state index contributed by atoms with van der Waals surface area (Å²) in [5.74, 6) is -3.32. The van der Waals surface area contributed by atoms with Gasteiger partial charge in [-0.3, -0.25) is 9.59 Å². The van der Waals surface area contributed by atoms with E-state index in [1.165, 1.54) is 11.0 Å². The molecule has 1 atom stereocenters. The first kappa shape index (κ1) is 16.4. The Morgan fingerprint density at radius 2 is 1.79 bits per heavy atom. The fourth-order valence-electron chi connectivity index (χ4n) is 2.63. The molecule has 1 N–H and O–H groups in total. The quantitative estimate of drug-likeness (QED) is 0.919. The van der Waals surface area contributed by atoms with Crippen molar-refractivity contribution in [3.63, 3.8) is 0 Å². The molecule has 0 spiro atoms. The number of hydrogen-bond donors (Lipinski definition) is 1. The van der Waals surface area contributed by atoms with Crippen LogP contribution in [0.1, 0.15) is 6.42 Å². The van der Waals surface area contributed by atoms with Crippen LogP contribution in [-0.2, 0) is 9.59 Å². The minimum Gasteiger partial charge on any atom is -0.321 e. The van der Waals surface area contributed by atoms with Crippen molar-refractivity contribution in [2.45, 2.75) is 6.42 Å². The monoisotopic (exact) mass is 350 g/mol. The zero-order valence-corrected chi connectivity index (χ0v) is 13.2. The highest BCUT2D eigenvalue weighted by Gasteiger charge is 2.36. The number of rotatable bonds is 3. The van der Waals surface area contributed by atoms with Crippen molar-refractivity contribution in [2.75, 3.05) is 16.8 Å². The van der Waals surface area contributed by atoms with Crippen LogP contribution in [0.4, 0.5) is 20.2 Å². The minimum absolute atomic E-state index is 0.0485. The first-order valence-corrected chi connectivity index (χ1v) is 7.65. The van der Waals surface area contributed by atoms with Gasteiger partial charge in [0.1, 0.15) is 17.3 Å². The SMILES string of the molecule is O=C(Nc1c(F)cccc1F)C1CC(=O)N(c2ccccc2Cl)C1. The van der Waals surface area contributed by atoms with Gasteiger partial charge in [0, 0.05) is 13.0 Å². The summed E-state index contributed by atoms with van der Waals surface area (Å²) in [6.07, 6.45) is -0.0485. The Bertz CT molecular complexity index is 793. The molecule has 0 aromatic heterocycles. The van der Waals surface area contributed by atoms with Crippen molar-refractivity contribution in [1.82, 2.24) is 0 Å². The zero-order chi connectivity index (χ0) is 17.3. The molecule has 1 unspecified atom stereocenters. The lowest BCUT2D eigenvalue weighted by molar-refractivity contribution is -0.122. The molecule has 124 valence electrons. The van der Waals surface area contributed by atoms with Gasteiger partial charge in [0.25, 0.3) is 0 Å². The number of nitrogens with one attached hydrogen (secondary N) is 1. The smallest absolute Gasteiger partial charge is 0.229 e. The van der Waals surface area contributed by atoms with Crippen molar-refractivity contribution in [2.24, 2.45) is 5.92 Å². The second-order valence-corrected chi connectivity index (χ2v) is 5.85. The summed E-state index contributed by atoms with van der Waals surface area (Å²) in [5.41, 5.74) is 0.00248. The van der Waals surface area contributed by atoms with Crippen molar-refractivity contribution in [1.29, 1.82) is 0 Å². The lowest BCUT2D eigenvalue weighted by atomic mass is 10.1. The van der Waals surface area contributed by atoms with Crippen LogP contribution in [0.5, 0.6) is 0 Å². The number of carbonyl (C=O) groups excluding carboxylic acids is 2. The average molecular weight is 351 g/mol. The van der Waals surface area contributed by atoms with Crippen LogP contribution in [0.2, 0.25) is 5.02 Å². The second-order valence-electron chi connectivity index (χ2n) is 5.44. The van der Waals surface area contributed by atoms with Crippen LogP contribution in [-0.4, -0.2) is 18.4 Å². The summed E-state index contributed by atoms with van der Waals surface area (Å²) in [4.78, 5) is 25.8. The summed E-state index contributed by atoms with van der Waals surface area (Å²) in [6.45, 7) is 0.102. The van der Waals surface area contributed by atoms with E-state index in [-0.39, 0.29) is 18.9 Å². The molecule has 0 aliphatic carbocycles. The third kappa shape index (κ3) is 3.10. The molecule has 7 heteroatoms.